The van der Waals surface area contributed by atoms with Crippen LogP contribution in [0.5, 0.6) is 5.75 Å². The van der Waals surface area contributed by atoms with Crippen molar-refractivity contribution in [1.29, 1.82) is 0 Å². The van der Waals surface area contributed by atoms with Gasteiger partial charge in [0.1, 0.15) is 5.75 Å². The average Bonchev–Trinajstić information content (AvgIpc) is 2.97. The van der Waals surface area contributed by atoms with E-state index in [4.69, 9.17) is 14.2 Å². The number of rotatable bonds is 9. The molecule has 1 heterocycles. The number of para-hydroxylation sites is 1. The molecule has 0 radical (unpaired) electrons. The molecule has 2 rings (SSSR count). The highest BCUT2D eigenvalue weighted by Gasteiger charge is 2.29. The highest BCUT2D eigenvalue weighted by atomic mass is 16.7. The second kappa shape index (κ2) is 8.37. The summed E-state index contributed by atoms with van der Waals surface area (Å²) in [5.74, 6) is 1.01. The van der Waals surface area contributed by atoms with Gasteiger partial charge in [-0.05, 0) is 32.4 Å². The van der Waals surface area contributed by atoms with Crippen molar-refractivity contribution in [3.05, 3.63) is 29.3 Å². The Balaban J connectivity index is 2.28. The molecule has 4 heteroatoms. The minimum Gasteiger partial charge on any atom is -0.493 e. The summed E-state index contributed by atoms with van der Waals surface area (Å²) in [7, 11) is 0. The third-order valence-corrected chi connectivity index (χ3v) is 3.63. The van der Waals surface area contributed by atoms with Gasteiger partial charge in [-0.1, -0.05) is 25.1 Å². The van der Waals surface area contributed by atoms with Gasteiger partial charge in [-0.2, -0.15) is 0 Å². The maximum Gasteiger partial charge on any atom is 0.176 e. The molecule has 0 bridgehead atoms. The van der Waals surface area contributed by atoms with E-state index in [0.717, 1.165) is 37.3 Å². The van der Waals surface area contributed by atoms with E-state index in [0.29, 0.717) is 13.2 Å². The van der Waals surface area contributed by atoms with Gasteiger partial charge < -0.3 is 19.5 Å². The first kappa shape index (κ1) is 16.3. The summed E-state index contributed by atoms with van der Waals surface area (Å²) in [6, 6.07) is 6.35. The number of hydrogen-bond donors (Lipinski definition) is 1. The summed E-state index contributed by atoms with van der Waals surface area (Å²) >= 11 is 0. The largest absolute Gasteiger partial charge is 0.493 e. The van der Waals surface area contributed by atoms with Crippen molar-refractivity contribution < 1.29 is 14.2 Å². The third-order valence-electron chi connectivity index (χ3n) is 3.63. The zero-order valence-corrected chi connectivity index (χ0v) is 13.4. The monoisotopic (exact) mass is 293 g/mol. The summed E-state index contributed by atoms with van der Waals surface area (Å²) in [5, 5.41) is 3.56. The van der Waals surface area contributed by atoms with Crippen molar-refractivity contribution in [2.45, 2.75) is 45.9 Å². The fourth-order valence-electron chi connectivity index (χ4n) is 2.71. The Morgan fingerprint density at radius 1 is 1.19 bits per heavy atom. The van der Waals surface area contributed by atoms with Crippen LogP contribution in [0.25, 0.3) is 0 Å². The SMILES string of the molecule is CCCNC(c1cccc2c1OCC2)C(OCC)OCC. The normalized spacial score (nSPS) is 15.0. The molecule has 118 valence electrons. The van der Waals surface area contributed by atoms with E-state index in [1.54, 1.807) is 0 Å². The maximum absolute atomic E-state index is 5.85. The van der Waals surface area contributed by atoms with E-state index in [2.05, 4.69) is 30.4 Å². The van der Waals surface area contributed by atoms with E-state index in [9.17, 15) is 0 Å². The molecule has 1 N–H and O–H groups in total. The van der Waals surface area contributed by atoms with Gasteiger partial charge in [-0.15, -0.1) is 0 Å². The van der Waals surface area contributed by atoms with Crippen molar-refractivity contribution >= 4 is 0 Å². The van der Waals surface area contributed by atoms with E-state index in [-0.39, 0.29) is 12.3 Å². The van der Waals surface area contributed by atoms with Gasteiger partial charge in [0.05, 0.1) is 12.6 Å². The van der Waals surface area contributed by atoms with Gasteiger partial charge in [0.15, 0.2) is 6.29 Å². The quantitative estimate of drug-likeness (QED) is 0.710. The summed E-state index contributed by atoms with van der Waals surface area (Å²) in [6.45, 7) is 9.09. The molecule has 1 aromatic carbocycles. The van der Waals surface area contributed by atoms with Crippen molar-refractivity contribution in [3.8, 4) is 5.75 Å². The number of nitrogens with one attached hydrogen (secondary N) is 1. The van der Waals surface area contributed by atoms with Gasteiger partial charge in [0.25, 0.3) is 0 Å². The Morgan fingerprint density at radius 2 is 1.95 bits per heavy atom. The van der Waals surface area contributed by atoms with Crippen LogP contribution in [0, 0.1) is 0 Å². The Hall–Kier alpha value is -1.10. The minimum absolute atomic E-state index is 0.00194. The van der Waals surface area contributed by atoms with Crippen LogP contribution in [0.1, 0.15) is 44.4 Å². The van der Waals surface area contributed by atoms with Crippen LogP contribution in [-0.4, -0.2) is 32.7 Å². The van der Waals surface area contributed by atoms with Crippen molar-refractivity contribution in [3.63, 3.8) is 0 Å². The lowest BCUT2D eigenvalue weighted by atomic mass is 10.0. The van der Waals surface area contributed by atoms with Gasteiger partial charge in [-0.3, -0.25) is 0 Å². The fourth-order valence-corrected chi connectivity index (χ4v) is 2.71. The molecule has 21 heavy (non-hydrogen) atoms. The van der Waals surface area contributed by atoms with Crippen LogP contribution < -0.4 is 10.1 Å². The third kappa shape index (κ3) is 3.96. The van der Waals surface area contributed by atoms with Gasteiger partial charge in [0, 0.05) is 25.2 Å². The van der Waals surface area contributed by atoms with E-state index < -0.39 is 0 Å². The molecule has 1 aromatic rings. The molecule has 0 saturated heterocycles. The minimum atomic E-state index is -0.290. The highest BCUT2D eigenvalue weighted by molar-refractivity contribution is 5.45. The van der Waals surface area contributed by atoms with Crippen LogP contribution >= 0.6 is 0 Å². The predicted octanol–water partition coefficient (Wildman–Crippen LogP) is 3.06. The molecule has 1 unspecified atom stereocenters. The molecule has 0 aromatic heterocycles. The second-order valence-corrected chi connectivity index (χ2v) is 5.14. The Kier molecular flexibility index (Phi) is 6.49. The lowest BCUT2D eigenvalue weighted by Gasteiger charge is -2.29. The summed E-state index contributed by atoms with van der Waals surface area (Å²) in [5.41, 5.74) is 2.42. The smallest absolute Gasteiger partial charge is 0.176 e. The standard InChI is InChI=1S/C17H27NO3/c1-4-11-18-15(17(19-5-2)20-6-3)14-9-7-8-13-10-12-21-16(13)14/h7-9,15,17-18H,4-6,10-12H2,1-3H3. The summed E-state index contributed by atoms with van der Waals surface area (Å²) < 4.78 is 17.5. The average molecular weight is 293 g/mol. The molecule has 1 atom stereocenters. The Bertz CT molecular complexity index is 430. The van der Waals surface area contributed by atoms with Gasteiger partial charge >= 0.3 is 0 Å². The molecule has 0 spiro atoms. The van der Waals surface area contributed by atoms with Crippen molar-refractivity contribution in [2.75, 3.05) is 26.4 Å². The number of ether oxygens (including phenoxy) is 3. The first-order valence-corrected chi connectivity index (χ1v) is 8.02. The first-order chi connectivity index (χ1) is 10.3. The Labute approximate surface area is 127 Å². The predicted molar refractivity (Wildman–Crippen MR) is 83.7 cm³/mol. The molecular formula is C17H27NO3. The molecule has 0 fully saturated rings. The van der Waals surface area contributed by atoms with E-state index in [1.165, 1.54) is 5.56 Å². The maximum atomic E-state index is 5.85. The van der Waals surface area contributed by atoms with Crippen molar-refractivity contribution in [2.24, 2.45) is 0 Å². The van der Waals surface area contributed by atoms with Crippen LogP contribution in [0.3, 0.4) is 0 Å². The lowest BCUT2D eigenvalue weighted by molar-refractivity contribution is -0.155. The lowest BCUT2D eigenvalue weighted by Crippen LogP contribution is -2.36. The molecule has 0 aliphatic carbocycles. The molecule has 1 aliphatic rings. The first-order valence-electron chi connectivity index (χ1n) is 8.02. The number of benzene rings is 1. The molecule has 0 saturated carbocycles. The second-order valence-electron chi connectivity index (χ2n) is 5.14. The van der Waals surface area contributed by atoms with Gasteiger partial charge in [0.2, 0.25) is 0 Å². The van der Waals surface area contributed by atoms with E-state index >= 15 is 0 Å². The van der Waals surface area contributed by atoms with Crippen LogP contribution in [0.2, 0.25) is 0 Å². The molecule has 0 amide bonds. The summed E-state index contributed by atoms with van der Waals surface area (Å²) in [4.78, 5) is 0. The van der Waals surface area contributed by atoms with Crippen LogP contribution in [0.4, 0.5) is 0 Å². The van der Waals surface area contributed by atoms with Crippen LogP contribution in [0.15, 0.2) is 18.2 Å². The molecular weight excluding hydrogens is 266 g/mol. The van der Waals surface area contributed by atoms with E-state index in [1.807, 2.05) is 13.8 Å². The zero-order valence-electron chi connectivity index (χ0n) is 13.4. The fraction of sp³-hybridized carbons (Fsp3) is 0.647. The summed E-state index contributed by atoms with van der Waals surface area (Å²) in [6.07, 6.45) is 1.76. The zero-order chi connectivity index (χ0) is 15.1. The molecule has 4 nitrogen and oxygen atoms in total. The Morgan fingerprint density at radius 3 is 2.62 bits per heavy atom. The topological polar surface area (TPSA) is 39.7 Å². The number of hydrogen-bond acceptors (Lipinski definition) is 4. The number of fused-ring (bicyclic) bond motifs is 1. The van der Waals surface area contributed by atoms with Crippen LogP contribution in [-0.2, 0) is 15.9 Å². The van der Waals surface area contributed by atoms with Crippen molar-refractivity contribution in [1.82, 2.24) is 5.32 Å². The highest BCUT2D eigenvalue weighted by Crippen LogP contribution is 2.35. The van der Waals surface area contributed by atoms with Gasteiger partial charge in [-0.25, -0.2) is 0 Å². The molecule has 1 aliphatic heterocycles.